The smallest absolute Gasteiger partial charge is 0.246 e. The number of likely N-dealkylation sites (tertiary alicyclic amines) is 1. The number of hydrogen-bond donors (Lipinski definition) is 0. The molecule has 1 fully saturated rings. The van der Waals surface area contributed by atoms with E-state index in [9.17, 15) is 4.79 Å². The van der Waals surface area contributed by atoms with Gasteiger partial charge in [-0.3, -0.25) is 4.79 Å². The molecular weight excluding hydrogens is 306 g/mol. The molecule has 142 valence electrons. The van der Waals surface area contributed by atoms with Gasteiger partial charge in [-0.05, 0) is 51.4 Å². The minimum Gasteiger partial charge on any atom is -0.339 e. The van der Waals surface area contributed by atoms with E-state index in [0.29, 0.717) is 0 Å². The highest BCUT2D eigenvalue weighted by molar-refractivity contribution is 5.87. The van der Waals surface area contributed by atoms with Crippen molar-refractivity contribution in [2.45, 2.75) is 90.4 Å². The SMILES string of the molecule is CCCC=CCCCCCCCCC=CC=CC(=O)N1CCCCC1. The first-order valence-electron chi connectivity index (χ1n) is 10.6. The van der Waals surface area contributed by atoms with Crippen molar-refractivity contribution in [1.29, 1.82) is 0 Å². The van der Waals surface area contributed by atoms with E-state index in [1.807, 2.05) is 17.1 Å². The molecule has 0 aromatic carbocycles. The fraction of sp³-hybridized carbons (Fsp3) is 0.696. The van der Waals surface area contributed by atoms with Gasteiger partial charge in [-0.2, -0.15) is 0 Å². The summed E-state index contributed by atoms with van der Waals surface area (Å²) < 4.78 is 0. The van der Waals surface area contributed by atoms with Crippen molar-refractivity contribution >= 4 is 5.91 Å². The van der Waals surface area contributed by atoms with Crippen molar-refractivity contribution in [3.05, 3.63) is 36.5 Å². The van der Waals surface area contributed by atoms with Crippen molar-refractivity contribution in [2.75, 3.05) is 13.1 Å². The van der Waals surface area contributed by atoms with E-state index in [0.717, 1.165) is 32.4 Å². The molecule has 1 aliphatic rings. The number of piperidine rings is 1. The summed E-state index contributed by atoms with van der Waals surface area (Å²) in [6.07, 6.45) is 29.0. The van der Waals surface area contributed by atoms with E-state index in [1.54, 1.807) is 6.08 Å². The second-order valence-electron chi connectivity index (χ2n) is 7.13. The van der Waals surface area contributed by atoms with Gasteiger partial charge in [0.2, 0.25) is 5.91 Å². The van der Waals surface area contributed by atoms with Crippen LogP contribution in [-0.4, -0.2) is 23.9 Å². The predicted molar refractivity (Wildman–Crippen MR) is 110 cm³/mol. The summed E-state index contributed by atoms with van der Waals surface area (Å²) in [6, 6.07) is 0. The molecule has 0 N–H and O–H groups in total. The number of hydrogen-bond acceptors (Lipinski definition) is 1. The maximum absolute atomic E-state index is 11.9. The molecule has 1 heterocycles. The fourth-order valence-corrected chi connectivity index (χ4v) is 3.17. The topological polar surface area (TPSA) is 20.3 Å². The van der Waals surface area contributed by atoms with Gasteiger partial charge in [0.25, 0.3) is 0 Å². The molecule has 1 saturated heterocycles. The summed E-state index contributed by atoms with van der Waals surface area (Å²) in [4.78, 5) is 13.9. The third-order valence-electron chi connectivity index (χ3n) is 4.77. The van der Waals surface area contributed by atoms with Gasteiger partial charge in [0.15, 0.2) is 0 Å². The first-order valence-corrected chi connectivity index (χ1v) is 10.6. The number of carbonyl (C=O) groups is 1. The van der Waals surface area contributed by atoms with Crippen molar-refractivity contribution in [2.24, 2.45) is 0 Å². The van der Waals surface area contributed by atoms with Crippen molar-refractivity contribution in [1.82, 2.24) is 4.90 Å². The predicted octanol–water partition coefficient (Wildman–Crippen LogP) is 6.59. The Labute approximate surface area is 156 Å². The molecule has 0 radical (unpaired) electrons. The Morgan fingerprint density at radius 1 is 0.760 bits per heavy atom. The van der Waals surface area contributed by atoms with Gasteiger partial charge in [0.1, 0.15) is 0 Å². The molecule has 0 aliphatic carbocycles. The molecule has 2 heteroatoms. The molecule has 0 aromatic heterocycles. The molecule has 0 spiro atoms. The number of rotatable bonds is 13. The summed E-state index contributed by atoms with van der Waals surface area (Å²) in [5.41, 5.74) is 0. The molecule has 0 atom stereocenters. The molecule has 0 bridgehead atoms. The summed E-state index contributed by atoms with van der Waals surface area (Å²) in [5.74, 6) is 0.175. The highest BCUT2D eigenvalue weighted by Gasteiger charge is 2.12. The minimum atomic E-state index is 0.175. The van der Waals surface area contributed by atoms with Crippen LogP contribution in [-0.2, 0) is 4.79 Å². The lowest BCUT2D eigenvalue weighted by Gasteiger charge is -2.25. The molecule has 0 unspecified atom stereocenters. The van der Waals surface area contributed by atoms with E-state index in [-0.39, 0.29) is 5.91 Å². The number of carbonyl (C=O) groups excluding carboxylic acids is 1. The van der Waals surface area contributed by atoms with Crippen molar-refractivity contribution < 1.29 is 4.79 Å². The van der Waals surface area contributed by atoms with Crippen LogP contribution in [0.5, 0.6) is 0 Å². The minimum absolute atomic E-state index is 0.175. The van der Waals surface area contributed by atoms with Gasteiger partial charge in [-0.25, -0.2) is 0 Å². The fourth-order valence-electron chi connectivity index (χ4n) is 3.17. The molecule has 1 aliphatic heterocycles. The van der Waals surface area contributed by atoms with E-state index >= 15 is 0 Å². The molecule has 0 saturated carbocycles. The zero-order valence-electron chi connectivity index (χ0n) is 16.4. The van der Waals surface area contributed by atoms with E-state index in [4.69, 9.17) is 0 Å². The van der Waals surface area contributed by atoms with Crippen LogP contribution >= 0.6 is 0 Å². The Kier molecular flexibility index (Phi) is 14.1. The molecule has 1 rings (SSSR count). The third-order valence-corrected chi connectivity index (χ3v) is 4.77. The third kappa shape index (κ3) is 12.7. The van der Waals surface area contributed by atoms with Gasteiger partial charge in [0, 0.05) is 19.2 Å². The number of allylic oxidation sites excluding steroid dienone is 5. The standard InChI is InChI=1S/C23H39NO/c1-2-3-4-5-6-7-8-9-10-11-12-13-14-15-17-20-23(25)24-21-18-16-19-22-24/h4-5,14-15,17,20H,2-3,6-13,16,18-19,21-22H2,1H3. The van der Waals surface area contributed by atoms with Crippen LogP contribution in [0, 0.1) is 0 Å². The Morgan fingerprint density at radius 2 is 1.36 bits per heavy atom. The van der Waals surface area contributed by atoms with E-state index < -0.39 is 0 Å². The summed E-state index contributed by atoms with van der Waals surface area (Å²) in [7, 11) is 0. The molecule has 0 aromatic rings. The normalized spacial score (nSPS) is 15.8. The van der Waals surface area contributed by atoms with E-state index in [2.05, 4.69) is 25.2 Å². The van der Waals surface area contributed by atoms with Crippen LogP contribution < -0.4 is 0 Å². The maximum Gasteiger partial charge on any atom is 0.246 e. The lowest BCUT2D eigenvalue weighted by molar-refractivity contribution is -0.126. The summed E-state index contributed by atoms with van der Waals surface area (Å²) in [6.45, 7) is 4.09. The molecule has 25 heavy (non-hydrogen) atoms. The average molecular weight is 346 g/mol. The Bertz CT molecular complexity index is 402. The Morgan fingerprint density at radius 3 is 2.04 bits per heavy atom. The largest absolute Gasteiger partial charge is 0.339 e. The molecular formula is C23H39NO. The Hall–Kier alpha value is -1.31. The van der Waals surface area contributed by atoms with Crippen LogP contribution in [0.4, 0.5) is 0 Å². The van der Waals surface area contributed by atoms with Crippen LogP contribution in [0.3, 0.4) is 0 Å². The first kappa shape index (κ1) is 21.7. The van der Waals surface area contributed by atoms with Gasteiger partial charge < -0.3 is 4.90 Å². The number of amides is 1. The van der Waals surface area contributed by atoms with E-state index in [1.165, 1.54) is 64.2 Å². The summed E-state index contributed by atoms with van der Waals surface area (Å²) >= 11 is 0. The number of unbranched alkanes of at least 4 members (excludes halogenated alkanes) is 8. The van der Waals surface area contributed by atoms with Crippen LogP contribution in [0.25, 0.3) is 0 Å². The lowest BCUT2D eigenvalue weighted by Crippen LogP contribution is -2.34. The monoisotopic (exact) mass is 345 g/mol. The van der Waals surface area contributed by atoms with Gasteiger partial charge in [-0.15, -0.1) is 0 Å². The summed E-state index contributed by atoms with van der Waals surface area (Å²) in [5, 5.41) is 0. The Balaban J connectivity index is 1.89. The quantitative estimate of drug-likeness (QED) is 0.160. The van der Waals surface area contributed by atoms with Gasteiger partial charge >= 0.3 is 0 Å². The zero-order valence-corrected chi connectivity index (χ0v) is 16.4. The number of nitrogens with zero attached hydrogens (tertiary/aromatic N) is 1. The highest BCUT2D eigenvalue weighted by atomic mass is 16.2. The van der Waals surface area contributed by atoms with Crippen molar-refractivity contribution in [3.63, 3.8) is 0 Å². The van der Waals surface area contributed by atoms with Crippen LogP contribution in [0.2, 0.25) is 0 Å². The maximum atomic E-state index is 11.9. The zero-order chi connectivity index (χ0) is 18.0. The molecule has 2 nitrogen and oxygen atoms in total. The van der Waals surface area contributed by atoms with Crippen LogP contribution in [0.1, 0.15) is 90.4 Å². The second-order valence-corrected chi connectivity index (χ2v) is 7.13. The average Bonchev–Trinajstić information content (AvgIpc) is 2.65. The van der Waals surface area contributed by atoms with Gasteiger partial charge in [0.05, 0.1) is 0 Å². The van der Waals surface area contributed by atoms with Gasteiger partial charge in [-0.1, -0.05) is 69.4 Å². The van der Waals surface area contributed by atoms with Crippen LogP contribution in [0.15, 0.2) is 36.5 Å². The second kappa shape index (κ2) is 16.2. The first-order chi connectivity index (χ1) is 12.3. The highest BCUT2D eigenvalue weighted by Crippen LogP contribution is 2.10. The van der Waals surface area contributed by atoms with Crippen molar-refractivity contribution in [3.8, 4) is 0 Å². The lowest BCUT2D eigenvalue weighted by atomic mass is 10.1. The molecule has 1 amide bonds.